The van der Waals surface area contributed by atoms with Gasteiger partial charge in [-0.15, -0.1) is 0 Å². The van der Waals surface area contributed by atoms with Crippen LogP contribution in [0, 0.1) is 11.8 Å². The van der Waals surface area contributed by atoms with Crippen LogP contribution < -0.4 is 0 Å². The van der Waals surface area contributed by atoms with Crippen molar-refractivity contribution in [1.82, 2.24) is 0 Å². The molecule has 0 fully saturated rings. The van der Waals surface area contributed by atoms with Crippen molar-refractivity contribution in [2.45, 2.75) is 484 Å². The molecule has 0 radical (unpaired) electrons. The summed E-state index contributed by atoms with van der Waals surface area (Å²) < 4.78 is 68.9. The van der Waals surface area contributed by atoms with Crippen LogP contribution in [0.15, 0.2) is 0 Å². The molecule has 630 valence electrons. The highest BCUT2D eigenvalue weighted by Gasteiger charge is 2.30. The van der Waals surface area contributed by atoms with Crippen molar-refractivity contribution in [3.63, 3.8) is 0 Å². The van der Waals surface area contributed by atoms with Crippen LogP contribution in [0.25, 0.3) is 0 Å². The highest BCUT2D eigenvalue weighted by Crippen LogP contribution is 2.45. The van der Waals surface area contributed by atoms with Gasteiger partial charge in [-0.2, -0.15) is 0 Å². The first-order valence-corrected chi connectivity index (χ1v) is 48.0. The smallest absolute Gasteiger partial charge is 0.462 e. The Morgan fingerprint density at radius 3 is 0.642 bits per heavy atom. The molecule has 0 aromatic rings. The average Bonchev–Trinajstić information content (AvgIpc) is 0.911. The van der Waals surface area contributed by atoms with E-state index < -0.39 is 97.5 Å². The summed E-state index contributed by atoms with van der Waals surface area (Å²) in [6.45, 7) is 9.68. The van der Waals surface area contributed by atoms with Crippen molar-refractivity contribution >= 4 is 39.5 Å². The minimum Gasteiger partial charge on any atom is -0.462 e. The lowest BCUT2D eigenvalue weighted by Gasteiger charge is -2.21. The van der Waals surface area contributed by atoms with E-state index in [1.165, 1.54) is 283 Å². The second-order valence-corrected chi connectivity index (χ2v) is 35.1. The predicted octanol–water partition coefficient (Wildman–Crippen LogP) is 26.6. The average molecular weight is 1550 g/mol. The van der Waals surface area contributed by atoms with Crippen LogP contribution in [0.3, 0.4) is 0 Å². The largest absolute Gasteiger partial charge is 0.472 e. The Labute approximate surface area is 651 Å². The third kappa shape index (κ3) is 80.1. The van der Waals surface area contributed by atoms with Gasteiger partial charge in [-0.1, -0.05) is 414 Å². The van der Waals surface area contributed by atoms with Crippen LogP contribution in [0.1, 0.15) is 465 Å². The standard InChI is InChI=1S/C87H170O17P2/c1-7-9-11-13-15-17-19-21-23-25-29-33-36-40-44-51-57-63-69-84(89)97-75-82(103-86(91)72-66-60-54-46-42-38-34-30-27-26-28-31-35-39-43-49-55-61-67-79(3)4)77-101-105(93,94)99-73-81(88)74-100-106(95,96)102-78-83(76-98-85(90)70-64-58-52-48-47-50-56-62-68-80(5)6)104-87(92)71-65-59-53-45-41-37-32-24-22-20-18-16-14-12-10-8-2/h79-83,88H,7-78H2,1-6H3,(H,93,94)(H,95,96)/t81-,82-,83-/m1/s1. The van der Waals surface area contributed by atoms with Gasteiger partial charge in [0.05, 0.1) is 26.4 Å². The summed E-state index contributed by atoms with van der Waals surface area (Å²) >= 11 is 0. The molecule has 106 heavy (non-hydrogen) atoms. The number of unbranched alkanes of at least 4 members (excludes halogenated alkanes) is 56. The van der Waals surface area contributed by atoms with Gasteiger partial charge >= 0.3 is 39.5 Å². The third-order valence-electron chi connectivity index (χ3n) is 20.5. The first kappa shape index (κ1) is 104. The maximum Gasteiger partial charge on any atom is 0.472 e. The van der Waals surface area contributed by atoms with Gasteiger partial charge in [0.2, 0.25) is 0 Å². The van der Waals surface area contributed by atoms with Crippen molar-refractivity contribution in [2.24, 2.45) is 11.8 Å². The quantitative estimate of drug-likeness (QED) is 0.0222. The number of aliphatic hydroxyl groups excluding tert-OH is 1. The molecule has 0 heterocycles. The Morgan fingerprint density at radius 2 is 0.434 bits per heavy atom. The number of hydrogen-bond donors (Lipinski definition) is 3. The molecule has 0 aliphatic rings. The molecule has 2 unspecified atom stereocenters. The first-order valence-electron chi connectivity index (χ1n) is 45.0. The monoisotopic (exact) mass is 1550 g/mol. The molecule has 0 bridgehead atoms. The summed E-state index contributed by atoms with van der Waals surface area (Å²) in [6.07, 6.45) is 70.9. The van der Waals surface area contributed by atoms with E-state index in [2.05, 4.69) is 41.5 Å². The van der Waals surface area contributed by atoms with E-state index in [4.69, 9.17) is 37.0 Å². The van der Waals surface area contributed by atoms with Gasteiger partial charge in [-0.25, -0.2) is 9.13 Å². The number of carbonyl (C=O) groups excluding carboxylic acids is 4. The molecule has 0 aliphatic carbocycles. The molecule has 3 N–H and O–H groups in total. The number of hydrogen-bond acceptors (Lipinski definition) is 15. The van der Waals surface area contributed by atoms with Crippen LogP contribution in [0.5, 0.6) is 0 Å². The van der Waals surface area contributed by atoms with Crippen molar-refractivity contribution < 1.29 is 80.2 Å². The van der Waals surface area contributed by atoms with E-state index in [1.54, 1.807) is 0 Å². The molecule has 0 aromatic heterocycles. The van der Waals surface area contributed by atoms with Crippen molar-refractivity contribution in [2.75, 3.05) is 39.6 Å². The van der Waals surface area contributed by atoms with Crippen LogP contribution >= 0.6 is 15.6 Å². The fourth-order valence-corrected chi connectivity index (χ4v) is 15.2. The van der Waals surface area contributed by atoms with E-state index in [0.29, 0.717) is 25.7 Å². The van der Waals surface area contributed by atoms with Crippen molar-refractivity contribution in [3.8, 4) is 0 Å². The molecule has 17 nitrogen and oxygen atoms in total. The summed E-state index contributed by atoms with van der Waals surface area (Å²) in [7, 11) is -9.93. The lowest BCUT2D eigenvalue weighted by Crippen LogP contribution is -2.30. The number of rotatable bonds is 86. The maximum absolute atomic E-state index is 13.2. The molecule has 0 spiro atoms. The Kier molecular flexibility index (Phi) is 76.9. The van der Waals surface area contributed by atoms with Gasteiger partial charge in [0.15, 0.2) is 12.2 Å². The number of phosphoric acid groups is 2. The van der Waals surface area contributed by atoms with Crippen molar-refractivity contribution in [3.05, 3.63) is 0 Å². The Balaban J connectivity index is 5.24. The van der Waals surface area contributed by atoms with E-state index in [-0.39, 0.29) is 25.7 Å². The lowest BCUT2D eigenvalue weighted by atomic mass is 10.0. The minimum absolute atomic E-state index is 0.108. The Morgan fingerprint density at radius 1 is 0.255 bits per heavy atom. The zero-order chi connectivity index (χ0) is 77.8. The van der Waals surface area contributed by atoms with E-state index >= 15 is 0 Å². The van der Waals surface area contributed by atoms with Gasteiger partial charge in [-0.3, -0.25) is 37.3 Å². The zero-order valence-corrected chi connectivity index (χ0v) is 71.5. The number of carbonyl (C=O) groups is 4. The number of phosphoric ester groups is 2. The van der Waals surface area contributed by atoms with Gasteiger partial charge in [0, 0.05) is 25.7 Å². The number of esters is 4. The molecule has 19 heteroatoms. The molecule has 0 saturated carbocycles. The normalized spacial score (nSPS) is 13.8. The number of ether oxygens (including phenoxy) is 4. The fraction of sp³-hybridized carbons (Fsp3) is 0.954. The highest BCUT2D eigenvalue weighted by molar-refractivity contribution is 7.47. The summed E-state index contributed by atoms with van der Waals surface area (Å²) in [5, 5.41) is 10.7. The Bertz CT molecular complexity index is 2030. The van der Waals surface area contributed by atoms with Crippen LogP contribution in [-0.2, 0) is 65.4 Å². The Hall–Kier alpha value is -1.94. The third-order valence-corrected chi connectivity index (χ3v) is 22.4. The lowest BCUT2D eigenvalue weighted by molar-refractivity contribution is -0.161. The summed E-state index contributed by atoms with van der Waals surface area (Å²) in [4.78, 5) is 73.3. The summed E-state index contributed by atoms with van der Waals surface area (Å²) in [6, 6.07) is 0. The number of aliphatic hydroxyl groups is 1. The minimum atomic E-state index is -4.97. The van der Waals surface area contributed by atoms with Gasteiger partial charge in [0.25, 0.3) is 0 Å². The van der Waals surface area contributed by atoms with E-state index in [0.717, 1.165) is 102 Å². The summed E-state index contributed by atoms with van der Waals surface area (Å²) in [5.41, 5.74) is 0. The summed E-state index contributed by atoms with van der Waals surface area (Å²) in [5.74, 6) is -0.554. The SMILES string of the molecule is CCCCCCCCCCCCCCCCCCCCC(=O)OC[C@H](COP(=O)(O)OC[C@@H](O)COP(=O)(O)OC[C@@H](COC(=O)CCCCCCCCCCC(C)C)OC(=O)CCCCCCCCCCCCCCCCCC)OC(=O)CCCCCCCCCCCCCCCCCCCCC(C)C. The topological polar surface area (TPSA) is 237 Å². The van der Waals surface area contributed by atoms with Crippen LogP contribution in [-0.4, -0.2) is 96.7 Å². The second kappa shape index (κ2) is 78.3. The van der Waals surface area contributed by atoms with Gasteiger partial charge in [-0.05, 0) is 37.5 Å². The second-order valence-electron chi connectivity index (χ2n) is 32.2. The van der Waals surface area contributed by atoms with Crippen LogP contribution in [0.4, 0.5) is 0 Å². The van der Waals surface area contributed by atoms with Gasteiger partial charge in [0.1, 0.15) is 19.3 Å². The molecular weight excluding hydrogens is 1380 g/mol. The van der Waals surface area contributed by atoms with E-state index in [9.17, 15) is 43.2 Å². The van der Waals surface area contributed by atoms with Gasteiger partial charge < -0.3 is 33.8 Å². The molecule has 0 amide bonds. The zero-order valence-electron chi connectivity index (χ0n) is 69.7. The van der Waals surface area contributed by atoms with Crippen molar-refractivity contribution in [1.29, 1.82) is 0 Å². The highest BCUT2D eigenvalue weighted by atomic mass is 31.2. The molecule has 0 aromatic carbocycles. The van der Waals surface area contributed by atoms with E-state index in [1.807, 2.05) is 0 Å². The predicted molar refractivity (Wildman–Crippen MR) is 437 cm³/mol. The first-order chi connectivity index (χ1) is 51.4. The molecule has 5 atom stereocenters. The molecule has 0 rings (SSSR count). The fourth-order valence-electron chi connectivity index (χ4n) is 13.6. The molecule has 0 aliphatic heterocycles. The van der Waals surface area contributed by atoms with Crippen LogP contribution in [0.2, 0.25) is 0 Å². The molecular formula is C87H170O17P2. The maximum atomic E-state index is 13.2. The molecule has 0 saturated heterocycles.